The highest BCUT2D eigenvalue weighted by Gasteiger charge is 2.40. The van der Waals surface area contributed by atoms with E-state index in [-0.39, 0.29) is 5.91 Å². The number of hydrogen-bond acceptors (Lipinski definition) is 3. The number of ether oxygens (including phenoxy) is 1. The Hall–Kier alpha value is -2.33. The van der Waals surface area contributed by atoms with E-state index in [9.17, 15) is 4.79 Å². The van der Waals surface area contributed by atoms with Crippen molar-refractivity contribution in [3.05, 3.63) is 65.7 Å². The van der Waals surface area contributed by atoms with E-state index in [0.29, 0.717) is 12.0 Å². The molecule has 2 aromatic rings. The minimum atomic E-state index is 0.159. The summed E-state index contributed by atoms with van der Waals surface area (Å²) in [6.07, 6.45) is 3.54. The maximum Gasteiger partial charge on any atom is 0.253 e. The predicted molar refractivity (Wildman–Crippen MR) is 107 cm³/mol. The molecule has 0 radical (unpaired) electrons. The molecule has 4 heteroatoms. The van der Waals surface area contributed by atoms with Gasteiger partial charge >= 0.3 is 0 Å². The van der Waals surface area contributed by atoms with Crippen molar-refractivity contribution in [2.75, 3.05) is 33.2 Å². The van der Waals surface area contributed by atoms with Crippen molar-refractivity contribution in [3.8, 4) is 5.75 Å². The second kappa shape index (κ2) is 7.73. The summed E-state index contributed by atoms with van der Waals surface area (Å²) in [7, 11) is 2.20. The molecule has 2 fully saturated rings. The van der Waals surface area contributed by atoms with Gasteiger partial charge in [0.2, 0.25) is 0 Å². The van der Waals surface area contributed by atoms with Gasteiger partial charge in [0.05, 0.1) is 0 Å². The molecule has 4 rings (SSSR count). The molecule has 1 spiro atoms. The van der Waals surface area contributed by atoms with E-state index in [1.165, 1.54) is 19.5 Å². The summed E-state index contributed by atoms with van der Waals surface area (Å²) >= 11 is 0. The second-order valence-electron chi connectivity index (χ2n) is 8.08. The van der Waals surface area contributed by atoms with Crippen molar-refractivity contribution in [1.82, 2.24) is 9.80 Å². The Morgan fingerprint density at radius 3 is 2.26 bits per heavy atom. The van der Waals surface area contributed by atoms with Crippen LogP contribution in [0.5, 0.6) is 5.75 Å². The normalized spacial score (nSPS) is 19.4. The summed E-state index contributed by atoms with van der Waals surface area (Å²) in [6.45, 7) is 4.65. The molecule has 0 bridgehead atoms. The van der Waals surface area contributed by atoms with Gasteiger partial charge in [-0.3, -0.25) is 4.79 Å². The number of rotatable bonds is 4. The minimum Gasteiger partial charge on any atom is -0.489 e. The standard InChI is InChI=1S/C23H28N2O2/c1-24-14-11-23(18-24)12-15-25(16-13-23)22(26)20-9-7-19(8-10-20)17-27-21-5-3-2-4-6-21/h2-10H,11-18H2,1H3. The zero-order valence-electron chi connectivity index (χ0n) is 16.1. The molecular weight excluding hydrogens is 336 g/mol. The molecular formula is C23H28N2O2. The quantitative estimate of drug-likeness (QED) is 0.827. The molecule has 0 unspecified atom stereocenters. The molecule has 2 aliphatic rings. The van der Waals surface area contributed by atoms with E-state index in [1.807, 2.05) is 59.5 Å². The zero-order valence-corrected chi connectivity index (χ0v) is 16.1. The van der Waals surface area contributed by atoms with Gasteiger partial charge in [-0.25, -0.2) is 0 Å². The lowest BCUT2D eigenvalue weighted by atomic mass is 9.77. The van der Waals surface area contributed by atoms with Gasteiger partial charge in [0.1, 0.15) is 12.4 Å². The fraction of sp³-hybridized carbons (Fsp3) is 0.435. The molecule has 0 aliphatic carbocycles. The molecule has 142 valence electrons. The number of carbonyl (C=O) groups excluding carboxylic acids is 1. The number of amides is 1. The summed E-state index contributed by atoms with van der Waals surface area (Å²) in [5.74, 6) is 1.02. The van der Waals surface area contributed by atoms with Gasteiger partial charge in [-0.05, 0) is 68.1 Å². The van der Waals surface area contributed by atoms with E-state index >= 15 is 0 Å². The monoisotopic (exact) mass is 364 g/mol. The van der Waals surface area contributed by atoms with Crippen LogP contribution in [0.3, 0.4) is 0 Å². The molecule has 0 aromatic heterocycles. The van der Waals surface area contributed by atoms with Crippen LogP contribution in [-0.2, 0) is 6.61 Å². The highest BCUT2D eigenvalue weighted by Crippen LogP contribution is 2.39. The summed E-state index contributed by atoms with van der Waals surface area (Å²) in [4.78, 5) is 17.3. The molecule has 2 aromatic carbocycles. The lowest BCUT2D eigenvalue weighted by Crippen LogP contribution is -2.44. The number of likely N-dealkylation sites (tertiary alicyclic amines) is 2. The van der Waals surface area contributed by atoms with Crippen LogP contribution in [0, 0.1) is 5.41 Å². The van der Waals surface area contributed by atoms with Crippen LogP contribution >= 0.6 is 0 Å². The molecule has 2 aliphatic heterocycles. The van der Waals surface area contributed by atoms with Crippen LogP contribution < -0.4 is 4.74 Å². The molecule has 4 nitrogen and oxygen atoms in total. The van der Waals surface area contributed by atoms with Crippen molar-refractivity contribution in [3.63, 3.8) is 0 Å². The fourth-order valence-corrected chi connectivity index (χ4v) is 4.36. The van der Waals surface area contributed by atoms with E-state index < -0.39 is 0 Å². The Labute approximate surface area is 161 Å². The van der Waals surface area contributed by atoms with Crippen molar-refractivity contribution in [2.45, 2.75) is 25.9 Å². The third-order valence-corrected chi connectivity index (χ3v) is 6.09. The Balaban J connectivity index is 1.32. The van der Waals surface area contributed by atoms with Crippen LogP contribution in [0.4, 0.5) is 0 Å². The average Bonchev–Trinajstić information content (AvgIpc) is 3.08. The van der Waals surface area contributed by atoms with Crippen molar-refractivity contribution in [1.29, 1.82) is 0 Å². The topological polar surface area (TPSA) is 32.8 Å². The number of carbonyl (C=O) groups is 1. The van der Waals surface area contributed by atoms with Crippen molar-refractivity contribution in [2.24, 2.45) is 5.41 Å². The number of hydrogen-bond donors (Lipinski definition) is 0. The summed E-state index contributed by atoms with van der Waals surface area (Å²) in [6, 6.07) is 17.6. The van der Waals surface area contributed by atoms with Gasteiger partial charge in [0.25, 0.3) is 5.91 Å². The van der Waals surface area contributed by atoms with Crippen LogP contribution in [-0.4, -0.2) is 48.9 Å². The van der Waals surface area contributed by atoms with Crippen molar-refractivity contribution >= 4 is 5.91 Å². The maximum atomic E-state index is 12.8. The van der Waals surface area contributed by atoms with Crippen LogP contribution in [0.25, 0.3) is 0 Å². The first kappa shape index (κ1) is 18.1. The van der Waals surface area contributed by atoms with E-state index in [4.69, 9.17) is 4.74 Å². The molecule has 0 N–H and O–H groups in total. The molecule has 2 saturated heterocycles. The SMILES string of the molecule is CN1CCC2(CCN(C(=O)c3ccc(COc4ccccc4)cc3)CC2)C1. The van der Waals surface area contributed by atoms with E-state index in [2.05, 4.69) is 11.9 Å². The Morgan fingerprint density at radius 2 is 1.63 bits per heavy atom. The molecule has 1 amide bonds. The van der Waals surface area contributed by atoms with Crippen molar-refractivity contribution < 1.29 is 9.53 Å². The van der Waals surface area contributed by atoms with Gasteiger partial charge < -0.3 is 14.5 Å². The largest absolute Gasteiger partial charge is 0.489 e. The first-order valence-corrected chi connectivity index (χ1v) is 9.88. The lowest BCUT2D eigenvalue weighted by Gasteiger charge is -2.39. The third-order valence-electron chi connectivity index (χ3n) is 6.09. The zero-order chi connectivity index (χ0) is 18.7. The van der Waals surface area contributed by atoms with Gasteiger partial charge in [0, 0.05) is 25.2 Å². The lowest BCUT2D eigenvalue weighted by molar-refractivity contribution is 0.0594. The minimum absolute atomic E-state index is 0.159. The Bertz CT molecular complexity index is 765. The Morgan fingerprint density at radius 1 is 0.963 bits per heavy atom. The average molecular weight is 364 g/mol. The first-order chi connectivity index (χ1) is 13.1. The molecule has 0 saturated carbocycles. The number of benzene rings is 2. The van der Waals surface area contributed by atoms with Gasteiger partial charge in [-0.2, -0.15) is 0 Å². The van der Waals surface area contributed by atoms with Gasteiger partial charge in [-0.1, -0.05) is 30.3 Å². The third kappa shape index (κ3) is 4.16. The Kier molecular flexibility index (Phi) is 5.17. The molecule has 0 atom stereocenters. The summed E-state index contributed by atoms with van der Waals surface area (Å²) in [5.41, 5.74) is 2.30. The second-order valence-corrected chi connectivity index (χ2v) is 8.08. The smallest absolute Gasteiger partial charge is 0.253 e. The molecule has 27 heavy (non-hydrogen) atoms. The fourth-order valence-electron chi connectivity index (χ4n) is 4.36. The van der Waals surface area contributed by atoms with E-state index in [0.717, 1.165) is 42.8 Å². The summed E-state index contributed by atoms with van der Waals surface area (Å²) < 4.78 is 5.77. The highest BCUT2D eigenvalue weighted by atomic mass is 16.5. The highest BCUT2D eigenvalue weighted by molar-refractivity contribution is 5.94. The maximum absolute atomic E-state index is 12.8. The number of nitrogens with zero attached hydrogens (tertiary/aromatic N) is 2. The number of para-hydroxylation sites is 1. The van der Waals surface area contributed by atoms with Gasteiger partial charge in [0.15, 0.2) is 0 Å². The summed E-state index contributed by atoms with van der Waals surface area (Å²) in [5, 5.41) is 0. The number of piperidine rings is 1. The van der Waals surface area contributed by atoms with Crippen LogP contribution in [0.15, 0.2) is 54.6 Å². The molecule has 2 heterocycles. The first-order valence-electron chi connectivity index (χ1n) is 9.88. The van der Waals surface area contributed by atoms with E-state index in [1.54, 1.807) is 0 Å². The predicted octanol–water partition coefficient (Wildman–Crippen LogP) is 3.82. The van der Waals surface area contributed by atoms with Gasteiger partial charge in [-0.15, -0.1) is 0 Å². The van der Waals surface area contributed by atoms with Crippen LogP contribution in [0.1, 0.15) is 35.2 Å². The van der Waals surface area contributed by atoms with Crippen LogP contribution in [0.2, 0.25) is 0 Å².